The molecule has 1 fully saturated rings. The van der Waals surface area contributed by atoms with Crippen LogP contribution in [0.2, 0.25) is 0 Å². The lowest BCUT2D eigenvalue weighted by atomic mass is 9.76. The van der Waals surface area contributed by atoms with Gasteiger partial charge in [0.1, 0.15) is 0 Å². The van der Waals surface area contributed by atoms with Gasteiger partial charge in [0.15, 0.2) is 0 Å². The summed E-state index contributed by atoms with van der Waals surface area (Å²) in [6, 6.07) is 0. The summed E-state index contributed by atoms with van der Waals surface area (Å²) in [4.78, 5) is 14.6. The highest BCUT2D eigenvalue weighted by molar-refractivity contribution is 5.76. The van der Waals surface area contributed by atoms with E-state index in [4.69, 9.17) is 5.73 Å². The van der Waals surface area contributed by atoms with Crippen LogP contribution in [0.3, 0.4) is 0 Å². The fourth-order valence-electron chi connectivity index (χ4n) is 3.64. The molecule has 0 aliphatic carbocycles. The van der Waals surface area contributed by atoms with Gasteiger partial charge in [0, 0.05) is 19.5 Å². The van der Waals surface area contributed by atoms with E-state index in [0.717, 1.165) is 25.9 Å². The predicted octanol–water partition coefficient (Wildman–Crippen LogP) is 3.82. The Bertz CT molecular complexity index is 329. The van der Waals surface area contributed by atoms with E-state index in [9.17, 15) is 4.79 Å². The largest absolute Gasteiger partial charge is 0.342 e. The van der Waals surface area contributed by atoms with Crippen molar-refractivity contribution >= 4 is 5.91 Å². The molecule has 0 bridgehead atoms. The summed E-state index contributed by atoms with van der Waals surface area (Å²) in [6.45, 7) is 13.9. The lowest BCUT2D eigenvalue weighted by molar-refractivity contribution is -0.131. The van der Waals surface area contributed by atoms with Crippen molar-refractivity contribution < 1.29 is 4.79 Å². The van der Waals surface area contributed by atoms with Gasteiger partial charge in [0.25, 0.3) is 0 Å². The lowest BCUT2D eigenvalue weighted by Crippen LogP contribution is -2.33. The van der Waals surface area contributed by atoms with Crippen molar-refractivity contribution in [3.05, 3.63) is 0 Å². The van der Waals surface area contributed by atoms with Crippen molar-refractivity contribution in [1.82, 2.24) is 4.90 Å². The number of nitrogens with two attached hydrogens (primary N) is 1. The number of carbonyl (C=O) groups is 1. The summed E-state index contributed by atoms with van der Waals surface area (Å²) in [6.07, 6.45) is 6.23. The Labute approximate surface area is 131 Å². The van der Waals surface area contributed by atoms with Gasteiger partial charge < -0.3 is 10.6 Å². The fourth-order valence-corrected chi connectivity index (χ4v) is 3.64. The maximum atomic E-state index is 12.5. The number of amides is 1. The van der Waals surface area contributed by atoms with Crippen LogP contribution < -0.4 is 5.73 Å². The van der Waals surface area contributed by atoms with Gasteiger partial charge >= 0.3 is 0 Å². The Hall–Kier alpha value is -0.570. The van der Waals surface area contributed by atoms with Crippen LogP contribution in [0.15, 0.2) is 0 Å². The van der Waals surface area contributed by atoms with Crippen LogP contribution in [0.1, 0.15) is 73.1 Å². The SMILES string of the molecule is CCC1(CC)CCN(C(=O)CCC(CCN)C(C)(C)C)C1. The Morgan fingerprint density at radius 2 is 1.86 bits per heavy atom. The average Bonchev–Trinajstić information content (AvgIpc) is 2.87. The third-order valence-electron chi connectivity index (χ3n) is 5.74. The molecule has 1 rings (SSSR count). The molecule has 0 saturated carbocycles. The van der Waals surface area contributed by atoms with E-state index >= 15 is 0 Å². The number of hydrogen-bond acceptors (Lipinski definition) is 2. The number of nitrogens with zero attached hydrogens (tertiary/aromatic N) is 1. The molecule has 0 spiro atoms. The van der Waals surface area contributed by atoms with Gasteiger partial charge in [0.2, 0.25) is 5.91 Å². The molecule has 0 aromatic carbocycles. The molecule has 3 nitrogen and oxygen atoms in total. The van der Waals surface area contributed by atoms with E-state index in [1.165, 1.54) is 19.3 Å². The summed E-state index contributed by atoms with van der Waals surface area (Å²) in [5.74, 6) is 0.890. The highest BCUT2D eigenvalue weighted by Crippen LogP contribution is 2.38. The molecular formula is C18H36N2O. The van der Waals surface area contributed by atoms with Gasteiger partial charge in [-0.05, 0) is 55.4 Å². The Morgan fingerprint density at radius 3 is 2.29 bits per heavy atom. The number of carbonyl (C=O) groups excluding carboxylic acids is 1. The molecule has 124 valence electrons. The van der Waals surface area contributed by atoms with Crippen LogP contribution >= 0.6 is 0 Å². The minimum absolute atomic E-state index is 0.237. The topological polar surface area (TPSA) is 46.3 Å². The van der Waals surface area contributed by atoms with Gasteiger partial charge in [-0.15, -0.1) is 0 Å². The summed E-state index contributed by atoms with van der Waals surface area (Å²) >= 11 is 0. The Kier molecular flexibility index (Phi) is 6.71. The van der Waals surface area contributed by atoms with Gasteiger partial charge in [-0.25, -0.2) is 0 Å². The van der Waals surface area contributed by atoms with Crippen LogP contribution in [-0.4, -0.2) is 30.4 Å². The van der Waals surface area contributed by atoms with E-state index in [-0.39, 0.29) is 5.41 Å². The maximum Gasteiger partial charge on any atom is 0.222 e. The minimum atomic E-state index is 0.237. The molecule has 3 heteroatoms. The Balaban J connectivity index is 2.51. The molecule has 1 atom stereocenters. The van der Waals surface area contributed by atoms with E-state index < -0.39 is 0 Å². The first-order valence-corrected chi connectivity index (χ1v) is 8.76. The van der Waals surface area contributed by atoms with Crippen molar-refractivity contribution in [3.8, 4) is 0 Å². The molecule has 2 N–H and O–H groups in total. The summed E-state index contributed by atoms with van der Waals surface area (Å²) in [5.41, 5.74) is 6.35. The minimum Gasteiger partial charge on any atom is -0.342 e. The maximum absolute atomic E-state index is 12.5. The fraction of sp³-hybridized carbons (Fsp3) is 0.944. The summed E-state index contributed by atoms with van der Waals surface area (Å²) in [5, 5.41) is 0. The first-order valence-electron chi connectivity index (χ1n) is 8.76. The van der Waals surface area contributed by atoms with Crippen molar-refractivity contribution in [2.75, 3.05) is 19.6 Å². The molecule has 0 aromatic rings. The molecule has 1 aliphatic heterocycles. The zero-order chi connectivity index (χ0) is 16.1. The molecule has 0 aromatic heterocycles. The van der Waals surface area contributed by atoms with Crippen LogP contribution in [0.25, 0.3) is 0 Å². The zero-order valence-corrected chi connectivity index (χ0v) is 14.9. The lowest BCUT2D eigenvalue weighted by Gasteiger charge is -2.31. The van der Waals surface area contributed by atoms with Gasteiger partial charge in [-0.3, -0.25) is 4.79 Å². The van der Waals surface area contributed by atoms with Crippen molar-refractivity contribution in [1.29, 1.82) is 0 Å². The average molecular weight is 296 g/mol. The Morgan fingerprint density at radius 1 is 1.24 bits per heavy atom. The van der Waals surface area contributed by atoms with Crippen molar-refractivity contribution in [2.24, 2.45) is 22.5 Å². The van der Waals surface area contributed by atoms with E-state index in [0.29, 0.717) is 30.2 Å². The van der Waals surface area contributed by atoms with E-state index in [1.807, 2.05) is 0 Å². The first kappa shape index (κ1) is 18.5. The van der Waals surface area contributed by atoms with Crippen molar-refractivity contribution in [3.63, 3.8) is 0 Å². The molecule has 0 radical (unpaired) electrons. The zero-order valence-electron chi connectivity index (χ0n) is 14.9. The smallest absolute Gasteiger partial charge is 0.222 e. The third kappa shape index (κ3) is 4.98. The molecule has 1 heterocycles. The second kappa shape index (κ2) is 7.62. The molecule has 1 aliphatic rings. The van der Waals surface area contributed by atoms with Crippen LogP contribution in [0, 0.1) is 16.7 Å². The predicted molar refractivity (Wildman–Crippen MR) is 90.1 cm³/mol. The van der Waals surface area contributed by atoms with Crippen LogP contribution in [-0.2, 0) is 4.79 Å². The number of hydrogen-bond donors (Lipinski definition) is 1. The summed E-state index contributed by atoms with van der Waals surface area (Å²) < 4.78 is 0. The van der Waals surface area contributed by atoms with Crippen LogP contribution in [0.4, 0.5) is 0 Å². The van der Waals surface area contributed by atoms with Crippen molar-refractivity contribution in [2.45, 2.75) is 73.1 Å². The van der Waals surface area contributed by atoms with Gasteiger partial charge in [-0.1, -0.05) is 34.6 Å². The first-order chi connectivity index (χ1) is 9.78. The second-order valence-electron chi connectivity index (χ2n) is 7.95. The number of rotatable bonds is 7. The third-order valence-corrected chi connectivity index (χ3v) is 5.74. The molecular weight excluding hydrogens is 260 g/mol. The van der Waals surface area contributed by atoms with Crippen LogP contribution in [0.5, 0.6) is 0 Å². The molecule has 1 unspecified atom stereocenters. The molecule has 1 saturated heterocycles. The van der Waals surface area contributed by atoms with Gasteiger partial charge in [-0.2, -0.15) is 0 Å². The van der Waals surface area contributed by atoms with E-state index in [2.05, 4.69) is 39.5 Å². The quantitative estimate of drug-likeness (QED) is 0.776. The second-order valence-corrected chi connectivity index (χ2v) is 7.95. The standard InChI is InChI=1S/C18H36N2O/c1-6-18(7-2)11-13-20(14-18)16(21)9-8-15(10-12-19)17(3,4)5/h15H,6-14,19H2,1-5H3. The van der Waals surface area contributed by atoms with E-state index in [1.54, 1.807) is 0 Å². The normalized spacial score (nSPS) is 19.8. The highest BCUT2D eigenvalue weighted by atomic mass is 16.2. The van der Waals surface area contributed by atoms with Gasteiger partial charge in [0.05, 0.1) is 0 Å². The summed E-state index contributed by atoms with van der Waals surface area (Å²) in [7, 11) is 0. The number of likely N-dealkylation sites (tertiary alicyclic amines) is 1. The monoisotopic (exact) mass is 296 g/mol. The highest BCUT2D eigenvalue weighted by Gasteiger charge is 2.37. The molecule has 1 amide bonds. The molecule has 21 heavy (non-hydrogen) atoms.